The van der Waals surface area contributed by atoms with Crippen LogP contribution >= 0.6 is 11.6 Å². The van der Waals surface area contributed by atoms with Gasteiger partial charge < -0.3 is 10.6 Å². The van der Waals surface area contributed by atoms with Crippen molar-refractivity contribution < 1.29 is 27.1 Å². The molecule has 2 aromatic rings. The number of benzene rings is 1. The number of rotatable bonds is 6. The van der Waals surface area contributed by atoms with Crippen LogP contribution < -0.4 is 10.6 Å². The van der Waals surface area contributed by atoms with E-state index in [1.54, 1.807) is 24.3 Å². The zero-order chi connectivity index (χ0) is 20.4. The molecule has 0 bridgehead atoms. The summed E-state index contributed by atoms with van der Waals surface area (Å²) in [5.74, 6) is 2.72. The van der Waals surface area contributed by atoms with Crippen molar-refractivity contribution in [3.05, 3.63) is 53.4 Å². The lowest BCUT2D eigenvalue weighted by Gasteiger charge is -2.08. The molecule has 0 fully saturated rings. The van der Waals surface area contributed by atoms with Crippen LogP contribution in [0.5, 0.6) is 5.75 Å². The maximum absolute atomic E-state index is 13.8. The van der Waals surface area contributed by atoms with Crippen molar-refractivity contribution in [2.75, 3.05) is 7.11 Å². The van der Waals surface area contributed by atoms with Gasteiger partial charge in [0.25, 0.3) is 0 Å². The van der Waals surface area contributed by atoms with E-state index in [2.05, 4.69) is 16.8 Å². The molecule has 0 spiro atoms. The van der Waals surface area contributed by atoms with E-state index in [1.807, 2.05) is 0 Å². The van der Waals surface area contributed by atoms with Gasteiger partial charge in [0.2, 0.25) is 5.78 Å². The quantitative estimate of drug-likeness (QED) is 0.262. The topological polar surface area (TPSA) is 82.5 Å². The molecule has 1 heterocycles. The van der Waals surface area contributed by atoms with Gasteiger partial charge in [-0.3, -0.25) is 9.48 Å². The fourth-order valence-corrected chi connectivity index (χ4v) is 2.41. The molecule has 6 nitrogen and oxygen atoms in total. The van der Waals surface area contributed by atoms with Crippen LogP contribution in [-0.4, -0.2) is 27.8 Å². The van der Waals surface area contributed by atoms with Gasteiger partial charge in [-0.1, -0.05) is 30.3 Å². The van der Waals surface area contributed by atoms with Crippen molar-refractivity contribution in [3.63, 3.8) is 0 Å². The minimum Gasteiger partial charge on any atom is -0.497 e. The third-order valence-corrected chi connectivity index (χ3v) is 3.77. The molecule has 0 saturated heterocycles. The zero-order valence-electron chi connectivity index (χ0n) is 13.8. The number of nitrogens with zero attached hydrogens (tertiary/aromatic N) is 3. The first-order valence-electron chi connectivity index (χ1n) is 7.24. The SMILES string of the molecule is C=C(F)c1c(C(F)(F)F)nn(Cc2ccc(OC)cc2)c1C(=O)/C(Cl)=N/N. The molecule has 11 heteroatoms. The predicted molar refractivity (Wildman–Crippen MR) is 91.3 cm³/mol. The lowest BCUT2D eigenvalue weighted by atomic mass is 10.1. The summed E-state index contributed by atoms with van der Waals surface area (Å²) < 4.78 is 59.4. The van der Waals surface area contributed by atoms with E-state index in [1.165, 1.54) is 7.11 Å². The van der Waals surface area contributed by atoms with E-state index in [0.29, 0.717) is 16.0 Å². The Morgan fingerprint density at radius 1 is 1.37 bits per heavy atom. The molecule has 0 aliphatic carbocycles. The van der Waals surface area contributed by atoms with Gasteiger partial charge in [-0.05, 0) is 17.7 Å². The number of ketones is 1. The maximum Gasteiger partial charge on any atom is 0.435 e. The number of hydrazone groups is 1. The number of alkyl halides is 3. The fraction of sp³-hybridized carbons (Fsp3) is 0.188. The Bertz CT molecular complexity index is 904. The molecule has 0 aliphatic heterocycles. The molecule has 27 heavy (non-hydrogen) atoms. The molecule has 1 aromatic carbocycles. The first kappa shape index (κ1) is 20.4. The smallest absolute Gasteiger partial charge is 0.435 e. The number of carbonyl (C=O) groups excluding carboxylic acids is 1. The second-order valence-electron chi connectivity index (χ2n) is 5.23. The molecule has 2 rings (SSSR count). The van der Waals surface area contributed by atoms with Gasteiger partial charge >= 0.3 is 6.18 Å². The highest BCUT2D eigenvalue weighted by atomic mass is 35.5. The first-order chi connectivity index (χ1) is 12.6. The Kier molecular flexibility index (Phi) is 5.89. The number of hydrogen-bond donors (Lipinski definition) is 1. The van der Waals surface area contributed by atoms with Gasteiger partial charge in [-0.25, -0.2) is 4.39 Å². The van der Waals surface area contributed by atoms with E-state index in [0.717, 1.165) is 0 Å². The molecular formula is C16H13ClF4N4O2. The summed E-state index contributed by atoms with van der Waals surface area (Å²) in [7, 11) is 1.45. The molecule has 1 aromatic heterocycles. The van der Waals surface area contributed by atoms with Crippen molar-refractivity contribution in [3.8, 4) is 5.75 Å². The number of nitrogens with two attached hydrogens (primary N) is 1. The lowest BCUT2D eigenvalue weighted by Crippen LogP contribution is -2.18. The van der Waals surface area contributed by atoms with E-state index in [4.69, 9.17) is 22.2 Å². The predicted octanol–water partition coefficient (Wildman–Crippen LogP) is 3.59. The maximum atomic E-state index is 13.8. The van der Waals surface area contributed by atoms with Gasteiger partial charge in [-0.15, -0.1) is 0 Å². The zero-order valence-corrected chi connectivity index (χ0v) is 14.6. The van der Waals surface area contributed by atoms with Crippen LogP contribution in [0.2, 0.25) is 0 Å². The molecule has 0 aliphatic rings. The van der Waals surface area contributed by atoms with Crippen molar-refractivity contribution >= 4 is 28.4 Å². The highest BCUT2D eigenvalue weighted by molar-refractivity contribution is 6.84. The van der Waals surface area contributed by atoms with Gasteiger partial charge in [0.05, 0.1) is 19.2 Å². The van der Waals surface area contributed by atoms with E-state index in [9.17, 15) is 22.4 Å². The summed E-state index contributed by atoms with van der Waals surface area (Å²) in [4.78, 5) is 12.4. The van der Waals surface area contributed by atoms with Gasteiger partial charge in [0, 0.05) is 0 Å². The number of aromatic nitrogens is 2. The van der Waals surface area contributed by atoms with Crippen LogP contribution in [0.4, 0.5) is 17.6 Å². The molecular weight excluding hydrogens is 392 g/mol. The minimum atomic E-state index is -5.03. The average Bonchev–Trinajstić information content (AvgIpc) is 3.00. The summed E-state index contributed by atoms with van der Waals surface area (Å²) in [6, 6.07) is 6.22. The van der Waals surface area contributed by atoms with Crippen LogP contribution in [-0.2, 0) is 12.7 Å². The van der Waals surface area contributed by atoms with Crippen LogP contribution in [0.25, 0.3) is 5.83 Å². The second kappa shape index (κ2) is 7.78. The van der Waals surface area contributed by atoms with Crippen molar-refractivity contribution in [2.24, 2.45) is 10.9 Å². The largest absolute Gasteiger partial charge is 0.497 e. The third-order valence-electron chi connectivity index (χ3n) is 3.50. The second-order valence-corrected chi connectivity index (χ2v) is 5.59. The first-order valence-corrected chi connectivity index (χ1v) is 7.61. The van der Waals surface area contributed by atoms with Crippen molar-refractivity contribution in [1.29, 1.82) is 0 Å². The minimum absolute atomic E-state index is 0.282. The Labute approximate surface area is 155 Å². The Morgan fingerprint density at radius 2 is 1.96 bits per heavy atom. The number of ether oxygens (including phenoxy) is 1. The van der Waals surface area contributed by atoms with Crippen LogP contribution in [0.1, 0.15) is 27.3 Å². The summed E-state index contributed by atoms with van der Waals surface area (Å²) >= 11 is 5.55. The Morgan fingerprint density at radius 3 is 2.41 bits per heavy atom. The third kappa shape index (κ3) is 4.27. The van der Waals surface area contributed by atoms with E-state index < -0.39 is 39.9 Å². The van der Waals surface area contributed by atoms with E-state index in [-0.39, 0.29) is 6.54 Å². The van der Waals surface area contributed by atoms with Crippen LogP contribution in [0, 0.1) is 0 Å². The monoisotopic (exact) mass is 404 g/mol. The lowest BCUT2D eigenvalue weighted by molar-refractivity contribution is -0.141. The number of halogens is 5. The number of methoxy groups -OCH3 is 1. The summed E-state index contributed by atoms with van der Waals surface area (Å²) in [6.07, 6.45) is -5.03. The number of Topliss-reactive ketones (excluding diaryl/α,β-unsaturated/α-hetero) is 1. The van der Waals surface area contributed by atoms with Crippen LogP contribution in [0.3, 0.4) is 0 Å². The molecule has 0 atom stereocenters. The Balaban J connectivity index is 2.67. The van der Waals surface area contributed by atoms with E-state index >= 15 is 0 Å². The molecule has 2 N–H and O–H groups in total. The summed E-state index contributed by atoms with van der Waals surface area (Å²) in [5.41, 5.74) is -3.00. The molecule has 0 saturated carbocycles. The summed E-state index contributed by atoms with van der Waals surface area (Å²) in [5, 5.41) is 5.48. The average molecular weight is 405 g/mol. The molecule has 0 radical (unpaired) electrons. The van der Waals surface area contributed by atoms with Crippen LogP contribution in [0.15, 0.2) is 35.9 Å². The fourth-order valence-electron chi connectivity index (χ4n) is 2.32. The van der Waals surface area contributed by atoms with Gasteiger partial charge in [-0.2, -0.15) is 23.4 Å². The summed E-state index contributed by atoms with van der Waals surface area (Å²) in [6.45, 7) is 2.59. The van der Waals surface area contributed by atoms with Gasteiger partial charge in [0.15, 0.2) is 10.9 Å². The normalized spacial score (nSPS) is 12.1. The molecule has 0 unspecified atom stereocenters. The molecule has 0 amide bonds. The standard InChI is InChI=1S/C16H13ClF4N4O2/c1-8(18)11-12(13(26)15(17)23-22)25(24-14(11)16(19,20)21)7-9-3-5-10(27-2)6-4-9/h3-6H,1,7,22H2,2H3/b23-15-. The number of carbonyl (C=O) groups is 1. The van der Waals surface area contributed by atoms with Gasteiger partial charge in [0.1, 0.15) is 17.3 Å². The highest BCUT2D eigenvalue weighted by Crippen LogP contribution is 2.37. The van der Waals surface area contributed by atoms with Crippen molar-refractivity contribution in [2.45, 2.75) is 12.7 Å². The number of hydrogen-bond acceptors (Lipinski definition) is 5. The van der Waals surface area contributed by atoms with Crippen molar-refractivity contribution in [1.82, 2.24) is 9.78 Å². The highest BCUT2D eigenvalue weighted by Gasteiger charge is 2.42. The Hall–Kier alpha value is -2.88. The molecule has 144 valence electrons.